The summed E-state index contributed by atoms with van der Waals surface area (Å²) in [6.45, 7) is 5.60. The standard InChI is InChI=1S/C14H23N5O2/c1-3-19-13(12(16)9(2)17-19)14(21)18-6-4-10(5-7-18)8-11(15)20/h10H,3-8,16H2,1-2H3,(H2,15,20). The molecule has 0 bridgehead atoms. The van der Waals surface area contributed by atoms with Crippen LogP contribution in [0, 0.1) is 12.8 Å². The number of nitrogens with two attached hydrogens (primary N) is 2. The van der Waals surface area contributed by atoms with Crippen LogP contribution in [0.3, 0.4) is 0 Å². The molecule has 1 aromatic rings. The number of anilines is 1. The lowest BCUT2D eigenvalue weighted by Crippen LogP contribution is -2.40. The number of aromatic nitrogens is 2. The largest absolute Gasteiger partial charge is 0.395 e. The Labute approximate surface area is 124 Å². The van der Waals surface area contributed by atoms with Gasteiger partial charge in [-0.2, -0.15) is 5.10 Å². The predicted molar refractivity (Wildman–Crippen MR) is 79.5 cm³/mol. The van der Waals surface area contributed by atoms with Crippen molar-refractivity contribution in [3.05, 3.63) is 11.4 Å². The lowest BCUT2D eigenvalue weighted by molar-refractivity contribution is -0.119. The van der Waals surface area contributed by atoms with Crippen molar-refractivity contribution in [2.75, 3.05) is 18.8 Å². The number of carbonyl (C=O) groups excluding carboxylic acids is 2. The molecule has 1 aliphatic rings. The fourth-order valence-electron chi connectivity index (χ4n) is 2.82. The smallest absolute Gasteiger partial charge is 0.274 e. The van der Waals surface area contributed by atoms with Crippen LogP contribution in [0.4, 0.5) is 5.69 Å². The highest BCUT2D eigenvalue weighted by atomic mass is 16.2. The molecule has 1 fully saturated rings. The van der Waals surface area contributed by atoms with Crippen LogP contribution in [-0.2, 0) is 11.3 Å². The van der Waals surface area contributed by atoms with Crippen molar-refractivity contribution < 1.29 is 9.59 Å². The maximum Gasteiger partial charge on any atom is 0.274 e. The Kier molecular flexibility index (Phi) is 4.50. The molecule has 4 N–H and O–H groups in total. The van der Waals surface area contributed by atoms with Gasteiger partial charge >= 0.3 is 0 Å². The molecule has 0 saturated carbocycles. The van der Waals surface area contributed by atoms with E-state index < -0.39 is 0 Å². The van der Waals surface area contributed by atoms with E-state index in [0.717, 1.165) is 12.8 Å². The zero-order valence-electron chi connectivity index (χ0n) is 12.6. The summed E-state index contributed by atoms with van der Waals surface area (Å²) >= 11 is 0. The summed E-state index contributed by atoms with van der Waals surface area (Å²) in [6, 6.07) is 0. The lowest BCUT2D eigenvalue weighted by Gasteiger charge is -2.31. The fraction of sp³-hybridized carbons (Fsp3) is 0.643. The van der Waals surface area contributed by atoms with E-state index in [9.17, 15) is 9.59 Å². The van der Waals surface area contributed by atoms with Crippen LogP contribution < -0.4 is 11.5 Å². The zero-order chi connectivity index (χ0) is 15.6. The molecule has 7 heteroatoms. The van der Waals surface area contributed by atoms with Crippen molar-refractivity contribution in [1.29, 1.82) is 0 Å². The van der Waals surface area contributed by atoms with Crippen molar-refractivity contribution in [3.8, 4) is 0 Å². The first-order valence-corrected chi connectivity index (χ1v) is 7.34. The van der Waals surface area contributed by atoms with Gasteiger partial charge in [0.15, 0.2) is 0 Å². The SMILES string of the molecule is CCn1nc(C)c(N)c1C(=O)N1CCC(CC(N)=O)CC1. The number of carbonyl (C=O) groups is 2. The van der Waals surface area contributed by atoms with Crippen molar-refractivity contribution in [2.24, 2.45) is 11.7 Å². The minimum atomic E-state index is -0.274. The highest BCUT2D eigenvalue weighted by Gasteiger charge is 2.28. The van der Waals surface area contributed by atoms with Gasteiger partial charge in [-0.1, -0.05) is 0 Å². The predicted octanol–water partition coefficient (Wildman–Crippen LogP) is 0.521. The van der Waals surface area contributed by atoms with Gasteiger partial charge in [-0.3, -0.25) is 14.3 Å². The maximum absolute atomic E-state index is 12.6. The van der Waals surface area contributed by atoms with Crippen LogP contribution in [-0.4, -0.2) is 39.6 Å². The van der Waals surface area contributed by atoms with Gasteiger partial charge in [0, 0.05) is 26.1 Å². The summed E-state index contributed by atoms with van der Waals surface area (Å²) in [5.74, 6) is -0.0714. The molecule has 1 saturated heterocycles. The first-order chi connectivity index (χ1) is 9.93. The van der Waals surface area contributed by atoms with Gasteiger partial charge in [0.1, 0.15) is 5.69 Å². The zero-order valence-corrected chi connectivity index (χ0v) is 12.6. The van der Waals surface area contributed by atoms with E-state index in [1.165, 1.54) is 0 Å². The summed E-state index contributed by atoms with van der Waals surface area (Å²) in [5, 5.41) is 4.28. The van der Waals surface area contributed by atoms with E-state index in [1.807, 2.05) is 6.92 Å². The molecule has 1 aliphatic heterocycles. The molecule has 2 rings (SSSR count). The molecule has 0 atom stereocenters. The van der Waals surface area contributed by atoms with Gasteiger partial charge in [-0.25, -0.2) is 0 Å². The van der Waals surface area contributed by atoms with E-state index in [2.05, 4.69) is 5.10 Å². The molecule has 1 aromatic heterocycles. The van der Waals surface area contributed by atoms with E-state index in [1.54, 1.807) is 16.5 Å². The Hall–Kier alpha value is -2.05. The number of nitrogen functional groups attached to an aromatic ring is 1. The monoisotopic (exact) mass is 293 g/mol. The Balaban J connectivity index is 2.07. The molecule has 0 aliphatic carbocycles. The minimum Gasteiger partial charge on any atom is -0.395 e. The van der Waals surface area contributed by atoms with Crippen LogP contribution in [0.2, 0.25) is 0 Å². The van der Waals surface area contributed by atoms with Gasteiger partial charge in [0.2, 0.25) is 5.91 Å². The molecule has 116 valence electrons. The number of primary amides is 1. The second-order valence-corrected chi connectivity index (χ2v) is 5.57. The molecule has 0 unspecified atom stereocenters. The third kappa shape index (κ3) is 3.17. The minimum absolute atomic E-state index is 0.0764. The molecular formula is C14H23N5O2. The maximum atomic E-state index is 12.6. The topological polar surface area (TPSA) is 107 Å². The molecule has 2 amide bonds. The van der Waals surface area contributed by atoms with Gasteiger partial charge in [0.25, 0.3) is 5.91 Å². The highest BCUT2D eigenvalue weighted by Crippen LogP contribution is 2.24. The molecule has 0 spiro atoms. The number of likely N-dealkylation sites (tertiary alicyclic amines) is 1. The Morgan fingerprint density at radius 1 is 1.33 bits per heavy atom. The quantitative estimate of drug-likeness (QED) is 0.843. The number of piperidine rings is 1. The lowest BCUT2D eigenvalue weighted by atomic mass is 9.93. The van der Waals surface area contributed by atoms with Crippen LogP contribution in [0.5, 0.6) is 0 Å². The first kappa shape index (κ1) is 15.3. The Morgan fingerprint density at radius 2 is 1.95 bits per heavy atom. The average Bonchev–Trinajstić information content (AvgIpc) is 2.73. The van der Waals surface area contributed by atoms with E-state index in [4.69, 9.17) is 11.5 Å². The van der Waals surface area contributed by atoms with Crippen LogP contribution >= 0.6 is 0 Å². The van der Waals surface area contributed by atoms with E-state index in [-0.39, 0.29) is 17.7 Å². The summed E-state index contributed by atoms with van der Waals surface area (Å²) in [5.41, 5.74) is 12.8. The first-order valence-electron chi connectivity index (χ1n) is 7.34. The molecular weight excluding hydrogens is 270 g/mol. The number of hydrogen-bond donors (Lipinski definition) is 2. The van der Waals surface area contributed by atoms with Crippen LogP contribution in [0.15, 0.2) is 0 Å². The summed E-state index contributed by atoms with van der Waals surface area (Å²) in [4.78, 5) is 25.4. The van der Waals surface area contributed by atoms with Crippen molar-refractivity contribution in [2.45, 2.75) is 39.7 Å². The molecule has 2 heterocycles. The normalized spacial score (nSPS) is 16.2. The van der Waals surface area contributed by atoms with Crippen LogP contribution in [0.25, 0.3) is 0 Å². The summed E-state index contributed by atoms with van der Waals surface area (Å²) < 4.78 is 1.66. The van der Waals surface area contributed by atoms with E-state index in [0.29, 0.717) is 43.1 Å². The van der Waals surface area contributed by atoms with Gasteiger partial charge in [0.05, 0.1) is 11.4 Å². The third-order valence-corrected chi connectivity index (χ3v) is 4.07. The number of aryl methyl sites for hydroxylation is 2. The van der Waals surface area contributed by atoms with Crippen LogP contribution in [0.1, 0.15) is 42.4 Å². The average molecular weight is 293 g/mol. The summed E-state index contributed by atoms with van der Waals surface area (Å²) in [6.07, 6.45) is 2.00. The Bertz CT molecular complexity index is 544. The van der Waals surface area contributed by atoms with Crippen molar-refractivity contribution in [3.63, 3.8) is 0 Å². The van der Waals surface area contributed by atoms with Crippen molar-refractivity contribution in [1.82, 2.24) is 14.7 Å². The van der Waals surface area contributed by atoms with Gasteiger partial charge < -0.3 is 16.4 Å². The molecule has 0 aromatic carbocycles. The number of nitrogens with zero attached hydrogens (tertiary/aromatic N) is 3. The van der Waals surface area contributed by atoms with E-state index >= 15 is 0 Å². The third-order valence-electron chi connectivity index (χ3n) is 4.07. The fourth-order valence-corrected chi connectivity index (χ4v) is 2.82. The number of amides is 2. The second-order valence-electron chi connectivity index (χ2n) is 5.57. The Morgan fingerprint density at radius 3 is 2.48 bits per heavy atom. The summed E-state index contributed by atoms with van der Waals surface area (Å²) in [7, 11) is 0. The van der Waals surface area contributed by atoms with Crippen molar-refractivity contribution >= 4 is 17.5 Å². The molecule has 7 nitrogen and oxygen atoms in total. The molecule has 21 heavy (non-hydrogen) atoms. The van der Waals surface area contributed by atoms with Gasteiger partial charge in [-0.15, -0.1) is 0 Å². The molecule has 0 radical (unpaired) electrons. The highest BCUT2D eigenvalue weighted by molar-refractivity contribution is 5.98. The van der Waals surface area contributed by atoms with Gasteiger partial charge in [-0.05, 0) is 32.6 Å². The number of rotatable bonds is 4. The number of hydrogen-bond acceptors (Lipinski definition) is 4. The second kappa shape index (κ2) is 6.15.